The first kappa shape index (κ1) is 21.1. The number of aryl methyl sites for hydroxylation is 1. The highest BCUT2D eigenvalue weighted by molar-refractivity contribution is 6.09. The van der Waals surface area contributed by atoms with E-state index in [0.717, 1.165) is 11.1 Å². The van der Waals surface area contributed by atoms with Gasteiger partial charge in [-0.15, -0.1) is 0 Å². The monoisotopic (exact) mass is 403 g/mol. The van der Waals surface area contributed by atoms with E-state index < -0.39 is 11.6 Å². The van der Waals surface area contributed by atoms with Gasteiger partial charge in [0.25, 0.3) is 5.91 Å². The van der Waals surface area contributed by atoms with E-state index >= 15 is 0 Å². The molecule has 0 radical (unpaired) electrons. The lowest BCUT2D eigenvalue weighted by Crippen LogP contribution is -2.25. The molecule has 3 rings (SSSR count). The molecule has 0 aliphatic heterocycles. The Morgan fingerprint density at radius 2 is 1.53 bits per heavy atom. The van der Waals surface area contributed by atoms with Crippen LogP contribution in [0.2, 0.25) is 0 Å². The number of benzene rings is 3. The number of anilines is 1. The topological polar surface area (TPSA) is 75.6 Å². The van der Waals surface area contributed by atoms with Crippen LogP contribution in [0.15, 0.2) is 66.7 Å². The quantitative estimate of drug-likeness (QED) is 0.558. The first-order valence-corrected chi connectivity index (χ1v) is 9.68. The van der Waals surface area contributed by atoms with E-state index in [9.17, 15) is 14.7 Å². The van der Waals surface area contributed by atoms with E-state index in [2.05, 4.69) is 5.32 Å². The number of carbonyl (C=O) groups excluding carboxylic acids is 2. The largest absolute Gasteiger partial charge is 0.508 e. The zero-order valence-electron chi connectivity index (χ0n) is 17.5. The van der Waals surface area contributed by atoms with Gasteiger partial charge in [-0.05, 0) is 74.7 Å². The average molecular weight is 403 g/mol. The smallest absolute Gasteiger partial charge is 0.340 e. The first-order valence-electron chi connectivity index (χ1n) is 9.68. The van der Waals surface area contributed by atoms with Crippen molar-refractivity contribution in [1.82, 2.24) is 0 Å². The van der Waals surface area contributed by atoms with Gasteiger partial charge in [-0.25, -0.2) is 4.79 Å². The minimum absolute atomic E-state index is 0.0876. The van der Waals surface area contributed by atoms with Crippen LogP contribution in [0.5, 0.6) is 5.75 Å². The molecule has 30 heavy (non-hydrogen) atoms. The molecule has 1 amide bonds. The number of phenols is 1. The van der Waals surface area contributed by atoms with Crippen LogP contribution in [0, 0.1) is 6.92 Å². The van der Waals surface area contributed by atoms with Gasteiger partial charge in [0.1, 0.15) is 11.4 Å². The second-order valence-electron chi connectivity index (χ2n) is 8.08. The Hall–Kier alpha value is -3.60. The third kappa shape index (κ3) is 5.06. The number of rotatable bonds is 4. The molecule has 154 valence electrons. The van der Waals surface area contributed by atoms with Crippen LogP contribution in [-0.4, -0.2) is 22.6 Å². The van der Waals surface area contributed by atoms with Crippen molar-refractivity contribution in [3.8, 4) is 16.9 Å². The molecule has 0 fully saturated rings. The molecule has 3 aromatic rings. The Labute approximate surface area is 176 Å². The Bertz CT molecular complexity index is 1080. The maximum atomic E-state index is 12.9. The van der Waals surface area contributed by atoms with Crippen LogP contribution >= 0.6 is 0 Å². The highest BCUT2D eigenvalue weighted by Crippen LogP contribution is 2.28. The van der Waals surface area contributed by atoms with Crippen molar-refractivity contribution in [1.29, 1.82) is 0 Å². The van der Waals surface area contributed by atoms with E-state index in [-0.39, 0.29) is 17.2 Å². The molecular formula is C25H25NO4. The number of amides is 1. The van der Waals surface area contributed by atoms with Crippen molar-refractivity contribution in [2.75, 3.05) is 5.32 Å². The molecule has 0 saturated heterocycles. The van der Waals surface area contributed by atoms with E-state index in [1.807, 2.05) is 36.4 Å². The third-order valence-corrected chi connectivity index (χ3v) is 4.45. The van der Waals surface area contributed by atoms with Crippen molar-refractivity contribution in [2.24, 2.45) is 0 Å². The van der Waals surface area contributed by atoms with Crippen molar-refractivity contribution in [3.05, 3.63) is 83.4 Å². The van der Waals surface area contributed by atoms with Crippen LogP contribution in [0.1, 0.15) is 47.1 Å². The van der Waals surface area contributed by atoms with Crippen molar-refractivity contribution in [3.63, 3.8) is 0 Å². The van der Waals surface area contributed by atoms with Crippen LogP contribution in [-0.2, 0) is 4.74 Å². The van der Waals surface area contributed by atoms with Gasteiger partial charge in [0.05, 0.1) is 11.3 Å². The molecular weight excluding hydrogens is 378 g/mol. The summed E-state index contributed by atoms with van der Waals surface area (Å²) in [6.07, 6.45) is 0. The molecule has 0 spiro atoms. The predicted octanol–water partition coefficient (Wildman–Crippen LogP) is 5.58. The van der Waals surface area contributed by atoms with Gasteiger partial charge < -0.3 is 15.2 Å². The van der Waals surface area contributed by atoms with Gasteiger partial charge in [0, 0.05) is 5.56 Å². The first-order chi connectivity index (χ1) is 14.1. The minimum Gasteiger partial charge on any atom is -0.508 e. The van der Waals surface area contributed by atoms with E-state index in [1.165, 1.54) is 12.1 Å². The Morgan fingerprint density at radius 1 is 0.867 bits per heavy atom. The normalized spacial score (nSPS) is 11.1. The number of ether oxygens (including phenoxy) is 1. The summed E-state index contributed by atoms with van der Waals surface area (Å²) in [6, 6.07) is 19.5. The third-order valence-electron chi connectivity index (χ3n) is 4.45. The molecule has 0 aliphatic carbocycles. The zero-order chi connectivity index (χ0) is 21.9. The lowest BCUT2D eigenvalue weighted by atomic mass is 10.0. The highest BCUT2D eigenvalue weighted by atomic mass is 16.6. The maximum Gasteiger partial charge on any atom is 0.340 e. The number of nitrogens with one attached hydrogen (secondary N) is 1. The van der Waals surface area contributed by atoms with Gasteiger partial charge in [0.15, 0.2) is 0 Å². The Balaban J connectivity index is 2.01. The molecule has 2 N–H and O–H groups in total. The van der Waals surface area contributed by atoms with E-state index in [1.54, 1.807) is 45.9 Å². The van der Waals surface area contributed by atoms with E-state index in [4.69, 9.17) is 4.74 Å². The number of aromatic hydroxyl groups is 1. The summed E-state index contributed by atoms with van der Waals surface area (Å²) in [5.41, 5.74) is 2.84. The van der Waals surface area contributed by atoms with Gasteiger partial charge in [0.2, 0.25) is 0 Å². The lowest BCUT2D eigenvalue weighted by molar-refractivity contribution is 0.00708. The second-order valence-corrected chi connectivity index (χ2v) is 8.08. The van der Waals surface area contributed by atoms with Gasteiger partial charge >= 0.3 is 5.97 Å². The molecule has 0 atom stereocenters. The van der Waals surface area contributed by atoms with Crippen LogP contribution < -0.4 is 5.32 Å². The fourth-order valence-corrected chi connectivity index (χ4v) is 3.06. The molecule has 0 bridgehead atoms. The molecule has 0 aliphatic rings. The highest BCUT2D eigenvalue weighted by Gasteiger charge is 2.22. The van der Waals surface area contributed by atoms with Crippen LogP contribution in [0.3, 0.4) is 0 Å². The molecule has 5 heteroatoms. The van der Waals surface area contributed by atoms with Gasteiger partial charge in [-0.2, -0.15) is 0 Å². The summed E-state index contributed by atoms with van der Waals surface area (Å²) in [5, 5.41) is 12.4. The number of phenolic OH excluding ortho intramolecular Hbond substituents is 1. The van der Waals surface area contributed by atoms with Crippen LogP contribution in [0.25, 0.3) is 11.1 Å². The standard InChI is InChI=1S/C25H25NO4/c1-16-14-19(27)11-13-20(16)23(28)26-22-15-18(17-8-6-5-7-9-17)10-12-21(22)24(29)30-25(2,3)4/h5-15,27H,1-4H3,(H,26,28). The second kappa shape index (κ2) is 8.41. The number of carbonyl (C=O) groups is 2. The van der Waals surface area contributed by atoms with Gasteiger partial charge in [-0.3, -0.25) is 4.79 Å². The van der Waals surface area contributed by atoms with Crippen LogP contribution in [0.4, 0.5) is 5.69 Å². The summed E-state index contributed by atoms with van der Waals surface area (Å²) in [4.78, 5) is 25.7. The number of esters is 1. The summed E-state index contributed by atoms with van der Waals surface area (Å²) < 4.78 is 5.51. The molecule has 0 aromatic heterocycles. The molecule has 3 aromatic carbocycles. The van der Waals surface area contributed by atoms with Crippen molar-refractivity contribution >= 4 is 17.6 Å². The minimum atomic E-state index is -0.663. The predicted molar refractivity (Wildman–Crippen MR) is 118 cm³/mol. The summed E-state index contributed by atoms with van der Waals surface area (Å²) in [6.45, 7) is 7.12. The number of hydrogen-bond donors (Lipinski definition) is 2. The fraction of sp³-hybridized carbons (Fsp3) is 0.200. The SMILES string of the molecule is Cc1cc(O)ccc1C(=O)Nc1cc(-c2ccccc2)ccc1C(=O)OC(C)(C)C. The van der Waals surface area contributed by atoms with Crippen molar-refractivity contribution in [2.45, 2.75) is 33.3 Å². The van der Waals surface area contributed by atoms with Crippen molar-refractivity contribution < 1.29 is 19.4 Å². The molecule has 0 unspecified atom stereocenters. The summed E-state index contributed by atoms with van der Waals surface area (Å²) in [5.74, 6) is -0.799. The number of hydrogen-bond acceptors (Lipinski definition) is 4. The lowest BCUT2D eigenvalue weighted by Gasteiger charge is -2.21. The average Bonchev–Trinajstić information content (AvgIpc) is 2.67. The molecule has 5 nitrogen and oxygen atoms in total. The zero-order valence-corrected chi connectivity index (χ0v) is 17.5. The maximum absolute atomic E-state index is 12.9. The van der Waals surface area contributed by atoms with Gasteiger partial charge in [-0.1, -0.05) is 36.4 Å². The summed E-state index contributed by atoms with van der Waals surface area (Å²) >= 11 is 0. The molecule has 0 heterocycles. The summed E-state index contributed by atoms with van der Waals surface area (Å²) in [7, 11) is 0. The Kier molecular flexibility index (Phi) is 5.92. The molecule has 0 saturated carbocycles. The van der Waals surface area contributed by atoms with E-state index in [0.29, 0.717) is 16.8 Å². The fourth-order valence-electron chi connectivity index (χ4n) is 3.06. The Morgan fingerprint density at radius 3 is 2.17 bits per heavy atom.